The number of rotatable bonds is 3. The maximum absolute atomic E-state index is 5.78. The van der Waals surface area contributed by atoms with Crippen LogP contribution in [0.2, 0.25) is 0 Å². The van der Waals surface area contributed by atoms with Crippen molar-refractivity contribution in [1.29, 1.82) is 0 Å². The first-order valence-corrected chi connectivity index (χ1v) is 7.20. The highest BCUT2D eigenvalue weighted by molar-refractivity contribution is 9.10. The Hall–Kier alpha value is -1.39. The van der Waals surface area contributed by atoms with E-state index < -0.39 is 0 Å². The van der Waals surface area contributed by atoms with Gasteiger partial charge in [-0.05, 0) is 45.6 Å². The number of nitrogens with zero attached hydrogens (tertiary/aromatic N) is 1. The Morgan fingerprint density at radius 3 is 3.00 bits per heavy atom. The van der Waals surface area contributed by atoms with Crippen molar-refractivity contribution in [2.75, 3.05) is 0 Å². The van der Waals surface area contributed by atoms with Gasteiger partial charge >= 0.3 is 0 Å². The number of halogens is 1. The number of ether oxygens (including phenoxy) is 1. The maximum Gasteiger partial charge on any atom is 0.124 e. The Balaban J connectivity index is 1.81. The molecular weight excluding hydrogens is 310 g/mol. The lowest BCUT2D eigenvalue weighted by atomic mass is 10.2. The predicted octanol–water partition coefficient (Wildman–Crippen LogP) is 4.64. The molecule has 0 saturated heterocycles. The smallest absolute Gasteiger partial charge is 0.124 e. The van der Waals surface area contributed by atoms with E-state index in [1.807, 2.05) is 41.8 Å². The van der Waals surface area contributed by atoms with Crippen LogP contribution in [-0.2, 0) is 6.61 Å². The third kappa shape index (κ3) is 2.40. The van der Waals surface area contributed by atoms with Crippen molar-refractivity contribution in [2.24, 2.45) is 0 Å². The van der Waals surface area contributed by atoms with Gasteiger partial charge in [0.2, 0.25) is 0 Å². The third-order valence-electron chi connectivity index (χ3n) is 2.64. The van der Waals surface area contributed by atoms with Gasteiger partial charge in [-0.15, -0.1) is 11.3 Å². The first-order valence-electron chi connectivity index (χ1n) is 5.52. The van der Waals surface area contributed by atoms with Gasteiger partial charge in [0.25, 0.3) is 0 Å². The summed E-state index contributed by atoms with van der Waals surface area (Å²) >= 11 is 5.18. The van der Waals surface area contributed by atoms with Crippen LogP contribution in [0.3, 0.4) is 0 Å². The van der Waals surface area contributed by atoms with E-state index in [9.17, 15) is 0 Å². The Labute approximate surface area is 117 Å². The minimum atomic E-state index is 0.580. The van der Waals surface area contributed by atoms with Gasteiger partial charge in [0.05, 0.1) is 10.4 Å². The molecule has 0 unspecified atom stereocenters. The van der Waals surface area contributed by atoms with Crippen molar-refractivity contribution in [1.82, 2.24) is 4.98 Å². The molecule has 0 fully saturated rings. The summed E-state index contributed by atoms with van der Waals surface area (Å²) in [4.78, 5) is 5.51. The second-order valence-corrected chi connectivity index (χ2v) is 5.69. The van der Waals surface area contributed by atoms with Gasteiger partial charge in [-0.25, -0.2) is 0 Å². The highest BCUT2D eigenvalue weighted by Crippen LogP contribution is 2.25. The number of benzene rings is 1. The fraction of sp³-hybridized carbons (Fsp3) is 0.0714. The van der Waals surface area contributed by atoms with Crippen LogP contribution >= 0.6 is 27.3 Å². The zero-order chi connectivity index (χ0) is 12.4. The molecule has 3 aromatic rings. The molecule has 0 radical (unpaired) electrons. The van der Waals surface area contributed by atoms with Crippen LogP contribution in [-0.4, -0.2) is 4.98 Å². The normalized spacial score (nSPS) is 10.7. The summed E-state index contributed by atoms with van der Waals surface area (Å²) in [5.41, 5.74) is 0.959. The number of pyridine rings is 1. The molecule has 0 aliphatic heterocycles. The quantitative estimate of drug-likeness (QED) is 0.701. The van der Waals surface area contributed by atoms with E-state index >= 15 is 0 Å². The number of hydrogen-bond donors (Lipinski definition) is 0. The van der Waals surface area contributed by atoms with Crippen LogP contribution in [0.1, 0.15) is 4.88 Å². The molecule has 0 spiro atoms. The maximum atomic E-state index is 5.78. The Morgan fingerprint density at radius 1 is 1.22 bits per heavy atom. The molecular formula is C14H10BrNOS. The SMILES string of the molecule is Brc1ccsc1COc1ccc2cccnc2c1. The molecule has 0 bridgehead atoms. The number of fused-ring (bicyclic) bond motifs is 1. The highest BCUT2D eigenvalue weighted by Gasteiger charge is 2.03. The van der Waals surface area contributed by atoms with Crippen LogP contribution in [0.15, 0.2) is 52.4 Å². The standard InChI is InChI=1S/C14H10BrNOS/c15-12-5-7-18-14(12)9-17-11-4-3-10-2-1-6-16-13(10)8-11/h1-8H,9H2. The molecule has 2 aromatic heterocycles. The summed E-state index contributed by atoms with van der Waals surface area (Å²) in [6.07, 6.45) is 1.79. The fourth-order valence-corrected chi connectivity index (χ4v) is 3.09. The van der Waals surface area contributed by atoms with Gasteiger partial charge in [-0.2, -0.15) is 0 Å². The first-order chi connectivity index (χ1) is 8.83. The van der Waals surface area contributed by atoms with E-state index in [0.29, 0.717) is 6.61 Å². The van der Waals surface area contributed by atoms with Gasteiger partial charge < -0.3 is 4.74 Å². The number of aromatic nitrogens is 1. The summed E-state index contributed by atoms with van der Waals surface area (Å²) in [5.74, 6) is 0.849. The largest absolute Gasteiger partial charge is 0.488 e. The Bertz CT molecular complexity index is 680. The van der Waals surface area contributed by atoms with Gasteiger partial charge in [-0.1, -0.05) is 6.07 Å². The van der Waals surface area contributed by atoms with Crippen molar-refractivity contribution < 1.29 is 4.74 Å². The summed E-state index contributed by atoms with van der Waals surface area (Å²) in [7, 11) is 0. The molecule has 0 atom stereocenters. The molecule has 0 saturated carbocycles. The summed E-state index contributed by atoms with van der Waals surface area (Å²) in [5, 5.41) is 3.17. The second kappa shape index (κ2) is 5.08. The summed E-state index contributed by atoms with van der Waals surface area (Å²) in [6, 6.07) is 12.0. The molecule has 0 amide bonds. The Kier molecular flexibility index (Phi) is 3.30. The van der Waals surface area contributed by atoms with Gasteiger partial charge in [0.15, 0.2) is 0 Å². The van der Waals surface area contributed by atoms with Gasteiger partial charge in [0.1, 0.15) is 12.4 Å². The summed E-state index contributed by atoms with van der Waals surface area (Å²) < 4.78 is 6.88. The van der Waals surface area contributed by atoms with E-state index in [4.69, 9.17) is 4.74 Å². The van der Waals surface area contributed by atoms with Crippen LogP contribution in [0, 0.1) is 0 Å². The minimum Gasteiger partial charge on any atom is -0.488 e. The molecule has 90 valence electrons. The van der Waals surface area contributed by atoms with Crippen LogP contribution in [0.4, 0.5) is 0 Å². The second-order valence-electron chi connectivity index (χ2n) is 3.84. The molecule has 1 aromatic carbocycles. The van der Waals surface area contributed by atoms with Crippen LogP contribution in [0.5, 0.6) is 5.75 Å². The molecule has 3 rings (SSSR count). The Morgan fingerprint density at radius 2 is 2.17 bits per heavy atom. The van der Waals surface area contributed by atoms with Crippen molar-refractivity contribution in [3.05, 3.63) is 57.3 Å². The minimum absolute atomic E-state index is 0.580. The highest BCUT2D eigenvalue weighted by atomic mass is 79.9. The van der Waals surface area contributed by atoms with Crippen molar-refractivity contribution >= 4 is 38.2 Å². The van der Waals surface area contributed by atoms with Crippen LogP contribution < -0.4 is 4.74 Å². The van der Waals surface area contributed by atoms with E-state index in [-0.39, 0.29) is 0 Å². The number of thiophene rings is 1. The predicted molar refractivity (Wildman–Crippen MR) is 78.1 cm³/mol. The zero-order valence-corrected chi connectivity index (χ0v) is 11.9. The van der Waals surface area contributed by atoms with E-state index in [1.165, 1.54) is 4.88 Å². The first kappa shape index (κ1) is 11.7. The van der Waals surface area contributed by atoms with Crippen molar-refractivity contribution in [3.63, 3.8) is 0 Å². The van der Waals surface area contributed by atoms with E-state index in [2.05, 4.69) is 20.9 Å². The van der Waals surface area contributed by atoms with Crippen molar-refractivity contribution in [2.45, 2.75) is 6.61 Å². The lowest BCUT2D eigenvalue weighted by Gasteiger charge is -2.06. The van der Waals surface area contributed by atoms with Crippen LogP contribution in [0.25, 0.3) is 10.9 Å². The topological polar surface area (TPSA) is 22.1 Å². The average molecular weight is 320 g/mol. The van der Waals surface area contributed by atoms with Gasteiger partial charge in [0, 0.05) is 22.1 Å². The van der Waals surface area contributed by atoms with Crippen molar-refractivity contribution in [3.8, 4) is 5.75 Å². The molecule has 0 aliphatic rings. The summed E-state index contributed by atoms with van der Waals surface area (Å²) in [6.45, 7) is 0.580. The molecule has 2 heterocycles. The lowest BCUT2D eigenvalue weighted by Crippen LogP contribution is -1.93. The third-order valence-corrected chi connectivity index (χ3v) is 4.54. The molecule has 2 nitrogen and oxygen atoms in total. The monoisotopic (exact) mass is 319 g/mol. The van der Waals surface area contributed by atoms with Gasteiger partial charge in [-0.3, -0.25) is 4.98 Å². The molecule has 0 N–H and O–H groups in total. The number of hydrogen-bond acceptors (Lipinski definition) is 3. The van der Waals surface area contributed by atoms with E-state index in [0.717, 1.165) is 21.1 Å². The average Bonchev–Trinajstić information content (AvgIpc) is 2.82. The lowest BCUT2D eigenvalue weighted by molar-refractivity contribution is 0.309. The molecule has 18 heavy (non-hydrogen) atoms. The zero-order valence-electron chi connectivity index (χ0n) is 9.47. The molecule has 0 aliphatic carbocycles. The van der Waals surface area contributed by atoms with E-state index in [1.54, 1.807) is 17.5 Å². The molecule has 4 heteroatoms. The fourth-order valence-electron chi connectivity index (χ4n) is 1.71.